The van der Waals surface area contributed by atoms with Crippen LogP contribution in [-0.4, -0.2) is 23.9 Å². The number of para-hydroxylation sites is 1. The molecule has 2 N–H and O–H groups in total. The minimum Gasteiger partial charge on any atom is -0.399 e. The van der Waals surface area contributed by atoms with Crippen LogP contribution in [0.5, 0.6) is 0 Å². The highest BCUT2D eigenvalue weighted by Gasteiger charge is 2.21. The van der Waals surface area contributed by atoms with Gasteiger partial charge in [-0.25, -0.2) is 0 Å². The van der Waals surface area contributed by atoms with Crippen LogP contribution in [0.1, 0.15) is 42.7 Å². The van der Waals surface area contributed by atoms with Gasteiger partial charge >= 0.3 is 0 Å². The van der Waals surface area contributed by atoms with E-state index in [-0.39, 0.29) is 18.3 Å². The minimum atomic E-state index is 0. The molecule has 0 aliphatic carbocycles. The third-order valence-electron chi connectivity index (χ3n) is 5.02. The van der Waals surface area contributed by atoms with Crippen molar-refractivity contribution in [1.29, 1.82) is 0 Å². The number of hydrogen-bond donors (Lipinski definition) is 1. The summed E-state index contributed by atoms with van der Waals surface area (Å²) in [4.78, 5) is 14.6. The molecule has 3 rings (SSSR count). The molecule has 134 valence electrons. The summed E-state index contributed by atoms with van der Waals surface area (Å²) in [5.74, 6) is 0.834. The van der Waals surface area contributed by atoms with Gasteiger partial charge in [-0.2, -0.15) is 0 Å². The number of aryl methyl sites for hydroxylation is 1. The summed E-state index contributed by atoms with van der Waals surface area (Å²) in [6.45, 7) is 1.75. The summed E-state index contributed by atoms with van der Waals surface area (Å²) in [7, 11) is 0. The summed E-state index contributed by atoms with van der Waals surface area (Å²) in [6.07, 6.45) is 4.58. The Morgan fingerprint density at radius 2 is 1.72 bits per heavy atom. The second-order valence-corrected chi connectivity index (χ2v) is 6.62. The number of carbonyl (C=O) groups is 1. The number of rotatable bonds is 4. The molecule has 1 atom stereocenters. The van der Waals surface area contributed by atoms with E-state index in [0.29, 0.717) is 12.3 Å². The highest BCUT2D eigenvalue weighted by molar-refractivity contribution is 5.85. The van der Waals surface area contributed by atoms with Crippen LogP contribution >= 0.6 is 12.4 Å². The molecule has 0 aromatic heterocycles. The number of anilines is 1. The molecule has 4 heteroatoms. The Kier molecular flexibility index (Phi) is 7.32. The van der Waals surface area contributed by atoms with Gasteiger partial charge in [-0.1, -0.05) is 48.5 Å². The third kappa shape index (κ3) is 5.23. The lowest BCUT2D eigenvalue weighted by Crippen LogP contribution is -2.32. The number of hydrogen-bond acceptors (Lipinski definition) is 2. The largest absolute Gasteiger partial charge is 0.399 e. The van der Waals surface area contributed by atoms with Crippen LogP contribution in [0.2, 0.25) is 0 Å². The van der Waals surface area contributed by atoms with Gasteiger partial charge in [0.1, 0.15) is 0 Å². The van der Waals surface area contributed by atoms with Gasteiger partial charge in [0.15, 0.2) is 0 Å². The van der Waals surface area contributed by atoms with Gasteiger partial charge in [0.05, 0.1) is 0 Å². The normalized spacial score (nSPS) is 17.4. The molecule has 3 nitrogen and oxygen atoms in total. The van der Waals surface area contributed by atoms with Gasteiger partial charge in [-0.15, -0.1) is 12.4 Å². The van der Waals surface area contributed by atoms with Crippen LogP contribution in [0.15, 0.2) is 54.6 Å². The highest BCUT2D eigenvalue weighted by atomic mass is 35.5. The molecule has 1 aliphatic heterocycles. The molecule has 0 saturated carbocycles. The van der Waals surface area contributed by atoms with Gasteiger partial charge in [0.2, 0.25) is 5.91 Å². The van der Waals surface area contributed by atoms with E-state index in [1.165, 1.54) is 12.0 Å². The molecule has 2 aromatic carbocycles. The van der Waals surface area contributed by atoms with Gasteiger partial charge in [-0.3, -0.25) is 4.79 Å². The van der Waals surface area contributed by atoms with Crippen molar-refractivity contribution in [2.75, 3.05) is 18.8 Å². The number of benzene rings is 2. The van der Waals surface area contributed by atoms with Crippen molar-refractivity contribution in [3.05, 3.63) is 65.7 Å². The van der Waals surface area contributed by atoms with Crippen LogP contribution in [-0.2, 0) is 11.2 Å². The molecule has 0 spiro atoms. The topological polar surface area (TPSA) is 46.3 Å². The number of likely N-dealkylation sites (tertiary alicyclic amines) is 1. The molecule has 0 bridgehead atoms. The summed E-state index contributed by atoms with van der Waals surface area (Å²) >= 11 is 0. The van der Waals surface area contributed by atoms with Crippen molar-refractivity contribution in [3.63, 3.8) is 0 Å². The Balaban J connectivity index is 0.00000225. The average Bonchev–Trinajstić information content (AvgIpc) is 2.88. The molecule has 0 radical (unpaired) electrons. The van der Waals surface area contributed by atoms with E-state index in [2.05, 4.69) is 30.3 Å². The Hall–Kier alpha value is -2.00. The smallest absolute Gasteiger partial charge is 0.222 e. The van der Waals surface area contributed by atoms with Crippen molar-refractivity contribution < 1.29 is 4.79 Å². The van der Waals surface area contributed by atoms with Crippen molar-refractivity contribution in [1.82, 2.24) is 4.90 Å². The summed E-state index contributed by atoms with van der Waals surface area (Å²) < 4.78 is 0. The minimum absolute atomic E-state index is 0. The average molecular weight is 359 g/mol. The van der Waals surface area contributed by atoms with Crippen LogP contribution in [0.25, 0.3) is 0 Å². The predicted octanol–water partition coefficient (Wildman–Crippen LogP) is 4.42. The van der Waals surface area contributed by atoms with Gasteiger partial charge in [0.25, 0.3) is 0 Å². The Labute approximate surface area is 156 Å². The lowest BCUT2D eigenvalue weighted by Gasteiger charge is -2.21. The molecular weight excluding hydrogens is 332 g/mol. The maximum absolute atomic E-state index is 12.6. The Morgan fingerprint density at radius 3 is 2.48 bits per heavy atom. The standard InChI is InChI=1S/C21H26N2O.ClH/c22-20-11-5-4-9-19(20)12-13-21(24)23-15-6-10-18(14-16-23)17-7-2-1-3-8-17;/h1-5,7-9,11,18H,6,10,12-16,22H2;1H. The number of nitrogen functional groups attached to an aromatic ring is 1. The zero-order valence-corrected chi connectivity index (χ0v) is 15.4. The monoisotopic (exact) mass is 358 g/mol. The van der Waals surface area contributed by atoms with Crippen LogP contribution < -0.4 is 5.73 Å². The lowest BCUT2D eigenvalue weighted by molar-refractivity contribution is -0.131. The van der Waals surface area contributed by atoms with Crippen molar-refractivity contribution in [3.8, 4) is 0 Å². The first-order valence-electron chi connectivity index (χ1n) is 8.90. The van der Waals surface area contributed by atoms with E-state index in [0.717, 1.165) is 43.6 Å². The second kappa shape index (κ2) is 9.47. The highest BCUT2D eigenvalue weighted by Crippen LogP contribution is 2.28. The van der Waals surface area contributed by atoms with E-state index in [1.807, 2.05) is 29.2 Å². The second-order valence-electron chi connectivity index (χ2n) is 6.62. The van der Waals surface area contributed by atoms with Crippen LogP contribution in [0.3, 0.4) is 0 Å². The third-order valence-corrected chi connectivity index (χ3v) is 5.02. The number of nitrogens with two attached hydrogens (primary N) is 1. The quantitative estimate of drug-likeness (QED) is 0.822. The molecule has 1 unspecified atom stereocenters. The van der Waals surface area contributed by atoms with Crippen LogP contribution in [0, 0.1) is 0 Å². The fourth-order valence-electron chi connectivity index (χ4n) is 3.57. The Morgan fingerprint density at radius 1 is 1.00 bits per heavy atom. The van der Waals surface area contributed by atoms with Crippen LogP contribution in [0.4, 0.5) is 5.69 Å². The first-order valence-corrected chi connectivity index (χ1v) is 8.90. The van der Waals surface area contributed by atoms with Crippen molar-refractivity contribution in [2.45, 2.75) is 38.0 Å². The number of carbonyl (C=O) groups excluding carboxylic acids is 1. The molecule has 2 aromatic rings. The maximum Gasteiger partial charge on any atom is 0.222 e. The van der Waals surface area contributed by atoms with E-state index in [1.54, 1.807) is 0 Å². The molecule has 1 saturated heterocycles. The number of nitrogens with zero attached hydrogens (tertiary/aromatic N) is 1. The summed E-state index contributed by atoms with van der Waals surface area (Å²) in [5, 5.41) is 0. The predicted molar refractivity (Wildman–Crippen MR) is 106 cm³/mol. The van der Waals surface area contributed by atoms with Crippen molar-refractivity contribution in [2.24, 2.45) is 0 Å². The first-order chi connectivity index (χ1) is 11.7. The zero-order valence-electron chi connectivity index (χ0n) is 14.6. The number of amides is 1. The number of halogens is 1. The fraction of sp³-hybridized carbons (Fsp3) is 0.381. The van der Waals surface area contributed by atoms with Gasteiger partial charge in [-0.05, 0) is 48.8 Å². The fourth-order valence-corrected chi connectivity index (χ4v) is 3.57. The van der Waals surface area contributed by atoms with Crippen molar-refractivity contribution >= 4 is 24.0 Å². The molecule has 1 fully saturated rings. The Bertz CT molecular complexity index is 675. The molecule has 1 aliphatic rings. The first kappa shape index (κ1) is 19.3. The van der Waals surface area contributed by atoms with Gasteiger partial charge < -0.3 is 10.6 Å². The molecule has 1 heterocycles. The zero-order chi connectivity index (χ0) is 16.8. The molecule has 1 amide bonds. The molecular formula is C21H27ClN2O. The van der Waals surface area contributed by atoms with E-state index < -0.39 is 0 Å². The summed E-state index contributed by atoms with van der Waals surface area (Å²) in [5.41, 5.74) is 9.23. The van der Waals surface area contributed by atoms with Gasteiger partial charge in [0, 0.05) is 25.2 Å². The van der Waals surface area contributed by atoms with E-state index >= 15 is 0 Å². The summed E-state index contributed by atoms with van der Waals surface area (Å²) in [6, 6.07) is 18.5. The van der Waals surface area contributed by atoms with E-state index in [4.69, 9.17) is 5.73 Å². The van der Waals surface area contributed by atoms with E-state index in [9.17, 15) is 4.79 Å². The maximum atomic E-state index is 12.6. The lowest BCUT2D eigenvalue weighted by atomic mass is 9.92. The molecule has 25 heavy (non-hydrogen) atoms. The SMILES string of the molecule is Cl.Nc1ccccc1CCC(=O)N1CCCC(c2ccccc2)CC1.